The highest BCUT2D eigenvalue weighted by molar-refractivity contribution is 7.10. The molecule has 0 spiro atoms. The molecule has 0 radical (unpaired) electrons. The Balaban J connectivity index is 1.46. The van der Waals surface area contributed by atoms with Gasteiger partial charge >= 0.3 is 0 Å². The van der Waals surface area contributed by atoms with E-state index < -0.39 is 0 Å². The number of aliphatic imine (C=N–C) groups is 1. The highest BCUT2D eigenvalue weighted by atomic mass is 35.5. The quantitative estimate of drug-likeness (QED) is 0.537. The van der Waals surface area contributed by atoms with Crippen LogP contribution in [0.4, 0.5) is 0 Å². The molecule has 0 saturated carbocycles. The van der Waals surface area contributed by atoms with E-state index in [-0.39, 0.29) is 6.04 Å². The van der Waals surface area contributed by atoms with Crippen LogP contribution < -0.4 is 5.32 Å². The first-order chi connectivity index (χ1) is 14.6. The number of fused-ring (bicyclic) bond motifs is 1. The molecule has 2 aliphatic heterocycles. The van der Waals surface area contributed by atoms with Gasteiger partial charge in [0.15, 0.2) is 5.96 Å². The van der Waals surface area contributed by atoms with Gasteiger partial charge in [0.25, 0.3) is 0 Å². The van der Waals surface area contributed by atoms with Gasteiger partial charge in [-0.15, -0.1) is 11.3 Å². The van der Waals surface area contributed by atoms with E-state index in [1.165, 1.54) is 16.0 Å². The molecule has 2 aromatic rings. The van der Waals surface area contributed by atoms with Gasteiger partial charge in [0.1, 0.15) is 0 Å². The van der Waals surface area contributed by atoms with E-state index in [9.17, 15) is 0 Å². The minimum absolute atomic E-state index is 0.260. The minimum atomic E-state index is 0.260. The molecule has 1 aromatic carbocycles. The number of benzene rings is 1. The number of nitrogens with one attached hydrogen (secondary N) is 1. The van der Waals surface area contributed by atoms with Crippen molar-refractivity contribution in [1.82, 2.24) is 15.1 Å². The van der Waals surface area contributed by atoms with Crippen molar-refractivity contribution in [3.63, 3.8) is 0 Å². The summed E-state index contributed by atoms with van der Waals surface area (Å²) in [6.45, 7) is 5.55. The summed E-state index contributed by atoms with van der Waals surface area (Å²) in [5.74, 6) is 1.52. The molecule has 7 heteroatoms. The SMILES string of the molecule is CN=C(NCC(c1ccc(Cl)cc1)N1CCc2sccc2C1)N(C)CC1CCOC1. The van der Waals surface area contributed by atoms with Gasteiger partial charge in [-0.3, -0.25) is 9.89 Å². The van der Waals surface area contributed by atoms with Crippen LogP contribution in [0.3, 0.4) is 0 Å². The lowest BCUT2D eigenvalue weighted by atomic mass is 10.0. The number of ether oxygens (including phenoxy) is 1. The van der Waals surface area contributed by atoms with Crippen molar-refractivity contribution in [3.05, 3.63) is 56.7 Å². The number of nitrogens with zero attached hydrogens (tertiary/aromatic N) is 3. The summed E-state index contributed by atoms with van der Waals surface area (Å²) in [7, 11) is 3.98. The first-order valence-electron chi connectivity index (χ1n) is 10.7. The molecule has 4 rings (SSSR count). The molecule has 162 valence electrons. The Morgan fingerprint density at radius 2 is 2.20 bits per heavy atom. The molecule has 1 saturated heterocycles. The zero-order valence-corrected chi connectivity index (χ0v) is 19.4. The Morgan fingerprint density at radius 3 is 2.93 bits per heavy atom. The van der Waals surface area contributed by atoms with Gasteiger partial charge < -0.3 is 15.0 Å². The molecule has 30 heavy (non-hydrogen) atoms. The van der Waals surface area contributed by atoms with Crippen molar-refractivity contribution in [2.45, 2.75) is 25.4 Å². The van der Waals surface area contributed by atoms with Crippen molar-refractivity contribution in [3.8, 4) is 0 Å². The number of halogens is 1. The van der Waals surface area contributed by atoms with Crippen molar-refractivity contribution in [1.29, 1.82) is 0 Å². The molecule has 2 aliphatic rings. The van der Waals surface area contributed by atoms with E-state index in [1.54, 1.807) is 0 Å². The second-order valence-corrected chi connectivity index (χ2v) is 9.63. The Kier molecular flexibility index (Phi) is 7.31. The van der Waals surface area contributed by atoms with E-state index in [0.717, 1.165) is 63.2 Å². The van der Waals surface area contributed by atoms with Gasteiger partial charge in [0.2, 0.25) is 0 Å². The molecular formula is C23H31ClN4OS. The van der Waals surface area contributed by atoms with Gasteiger partial charge in [0, 0.05) is 62.7 Å². The normalized spacial score (nSPS) is 20.8. The lowest BCUT2D eigenvalue weighted by molar-refractivity contribution is 0.177. The smallest absolute Gasteiger partial charge is 0.193 e. The highest BCUT2D eigenvalue weighted by Crippen LogP contribution is 2.30. The highest BCUT2D eigenvalue weighted by Gasteiger charge is 2.26. The zero-order chi connectivity index (χ0) is 20.9. The summed E-state index contributed by atoms with van der Waals surface area (Å²) < 4.78 is 5.53. The molecule has 3 heterocycles. The van der Waals surface area contributed by atoms with E-state index in [2.05, 4.69) is 50.7 Å². The second-order valence-electron chi connectivity index (χ2n) is 8.20. The fourth-order valence-electron chi connectivity index (χ4n) is 4.45. The average Bonchev–Trinajstić information content (AvgIpc) is 3.43. The lowest BCUT2D eigenvalue weighted by Gasteiger charge is -2.36. The van der Waals surface area contributed by atoms with E-state index in [0.29, 0.717) is 5.92 Å². The first-order valence-corrected chi connectivity index (χ1v) is 11.9. The lowest BCUT2D eigenvalue weighted by Crippen LogP contribution is -2.46. The number of thiophene rings is 1. The number of rotatable bonds is 6. The summed E-state index contributed by atoms with van der Waals surface area (Å²) in [5.41, 5.74) is 2.75. The summed E-state index contributed by atoms with van der Waals surface area (Å²) in [6, 6.07) is 10.8. The van der Waals surface area contributed by atoms with Crippen LogP contribution in [0, 0.1) is 5.92 Å². The van der Waals surface area contributed by atoms with Crippen LogP contribution in [0.1, 0.15) is 28.5 Å². The van der Waals surface area contributed by atoms with Crippen molar-refractivity contribution >= 4 is 28.9 Å². The van der Waals surface area contributed by atoms with Gasteiger partial charge in [0.05, 0.1) is 12.6 Å². The maximum atomic E-state index is 6.16. The van der Waals surface area contributed by atoms with Crippen LogP contribution in [0.15, 0.2) is 40.7 Å². The molecule has 5 nitrogen and oxygen atoms in total. The summed E-state index contributed by atoms with van der Waals surface area (Å²) >= 11 is 8.04. The van der Waals surface area contributed by atoms with Crippen LogP contribution in [0.5, 0.6) is 0 Å². The van der Waals surface area contributed by atoms with Crippen LogP contribution in [-0.4, -0.2) is 62.7 Å². The van der Waals surface area contributed by atoms with Crippen LogP contribution in [0.25, 0.3) is 0 Å². The number of hydrogen-bond donors (Lipinski definition) is 1. The van der Waals surface area contributed by atoms with E-state index in [4.69, 9.17) is 16.3 Å². The maximum Gasteiger partial charge on any atom is 0.193 e. The Labute approximate surface area is 188 Å². The predicted octanol–water partition coefficient (Wildman–Crippen LogP) is 4.04. The van der Waals surface area contributed by atoms with Crippen LogP contribution >= 0.6 is 22.9 Å². The summed E-state index contributed by atoms with van der Waals surface area (Å²) in [4.78, 5) is 10.9. The maximum absolute atomic E-state index is 6.16. The van der Waals surface area contributed by atoms with E-state index in [1.807, 2.05) is 30.5 Å². The number of hydrogen-bond acceptors (Lipinski definition) is 4. The fourth-order valence-corrected chi connectivity index (χ4v) is 5.47. The topological polar surface area (TPSA) is 40.1 Å². The third-order valence-corrected chi connectivity index (χ3v) is 7.39. The average molecular weight is 447 g/mol. The molecule has 1 fully saturated rings. The molecule has 2 unspecified atom stereocenters. The molecule has 1 N–H and O–H groups in total. The standard InChI is InChI=1S/C23H31ClN4OS/c1-25-23(27(2)14-17-8-11-29-16-17)26-13-21(18-3-5-20(24)6-4-18)28-10-7-22-19(15-28)9-12-30-22/h3-6,9,12,17,21H,7-8,10-11,13-16H2,1-2H3,(H,25,26). The van der Waals surface area contributed by atoms with Gasteiger partial charge in [-0.05, 0) is 47.5 Å². The van der Waals surface area contributed by atoms with Crippen molar-refractivity contribution in [2.24, 2.45) is 10.9 Å². The van der Waals surface area contributed by atoms with Gasteiger partial charge in [-0.25, -0.2) is 0 Å². The van der Waals surface area contributed by atoms with E-state index >= 15 is 0 Å². The van der Waals surface area contributed by atoms with Gasteiger partial charge in [-0.2, -0.15) is 0 Å². The Morgan fingerprint density at radius 1 is 1.37 bits per heavy atom. The monoisotopic (exact) mass is 446 g/mol. The Hall–Kier alpha value is -1.60. The number of guanidine groups is 1. The second kappa shape index (κ2) is 10.1. The first kappa shape index (κ1) is 21.6. The molecule has 0 bridgehead atoms. The van der Waals surface area contributed by atoms with Gasteiger partial charge in [-0.1, -0.05) is 23.7 Å². The third kappa shape index (κ3) is 5.17. The minimum Gasteiger partial charge on any atom is -0.381 e. The van der Waals surface area contributed by atoms with Crippen LogP contribution in [-0.2, 0) is 17.7 Å². The molecule has 2 atom stereocenters. The summed E-state index contributed by atoms with van der Waals surface area (Å²) in [6.07, 6.45) is 2.25. The Bertz CT molecular complexity index is 847. The summed E-state index contributed by atoms with van der Waals surface area (Å²) in [5, 5.41) is 6.63. The van der Waals surface area contributed by atoms with Crippen LogP contribution in [0.2, 0.25) is 5.02 Å². The zero-order valence-electron chi connectivity index (χ0n) is 17.8. The largest absolute Gasteiger partial charge is 0.381 e. The molecule has 0 aliphatic carbocycles. The molecule has 1 aromatic heterocycles. The fraction of sp³-hybridized carbons (Fsp3) is 0.522. The van der Waals surface area contributed by atoms with Crippen molar-refractivity contribution in [2.75, 3.05) is 46.9 Å². The van der Waals surface area contributed by atoms with Crippen molar-refractivity contribution < 1.29 is 4.74 Å². The molecular weight excluding hydrogens is 416 g/mol. The third-order valence-electron chi connectivity index (χ3n) is 6.12. The predicted molar refractivity (Wildman–Crippen MR) is 126 cm³/mol. The molecule has 0 amide bonds.